The van der Waals surface area contributed by atoms with Crippen molar-refractivity contribution in [3.05, 3.63) is 76.4 Å². The van der Waals surface area contributed by atoms with Gasteiger partial charge in [0.2, 0.25) is 0 Å². The third kappa shape index (κ3) is 5.65. The van der Waals surface area contributed by atoms with Crippen LogP contribution in [0.15, 0.2) is 54.9 Å². The van der Waals surface area contributed by atoms with E-state index in [0.29, 0.717) is 46.3 Å². The lowest BCUT2D eigenvalue weighted by Crippen LogP contribution is -2.30. The van der Waals surface area contributed by atoms with E-state index in [1.807, 2.05) is 42.9 Å². The van der Waals surface area contributed by atoms with Gasteiger partial charge in [0.15, 0.2) is 5.11 Å². The molecular weight excluding hydrogens is 506 g/mol. The average Bonchev–Trinajstić information content (AvgIpc) is 3.47. The minimum Gasteiger partial charge on any atom is -0.465 e. The zero-order valence-corrected chi connectivity index (χ0v) is 22.8. The van der Waals surface area contributed by atoms with Gasteiger partial charge in [-0.1, -0.05) is 42.5 Å². The van der Waals surface area contributed by atoms with Crippen molar-refractivity contribution in [2.75, 3.05) is 30.8 Å². The molecule has 2 aromatic heterocycles. The maximum atomic E-state index is 13.0. The lowest BCUT2D eigenvalue weighted by Gasteiger charge is -2.17. The molecule has 4 rings (SSSR count). The first-order chi connectivity index (χ1) is 17.9. The number of rotatable bonds is 8. The topological polar surface area (TPSA) is 88.5 Å². The van der Waals surface area contributed by atoms with E-state index in [0.717, 1.165) is 5.56 Å². The summed E-state index contributed by atoms with van der Waals surface area (Å²) in [6, 6.07) is 14.5. The molecule has 2 heterocycles. The number of thiocarbonyl (C=S) groups is 1. The van der Waals surface area contributed by atoms with E-state index in [-0.39, 0.29) is 11.0 Å². The monoisotopic (exact) mass is 535 g/mol. The highest BCUT2D eigenvalue weighted by molar-refractivity contribution is 7.80. The van der Waals surface area contributed by atoms with E-state index < -0.39 is 5.97 Å². The molecule has 10 heteroatoms. The molecule has 0 aliphatic carbocycles. The molecule has 1 amide bonds. The molecule has 0 spiro atoms. The quantitative estimate of drug-likeness (QED) is 0.226. The molecule has 0 aliphatic rings. The summed E-state index contributed by atoms with van der Waals surface area (Å²) in [5.74, 6) is -0.653. The molecule has 2 aromatic carbocycles. The molecular formula is C27H29N5O3S2. The number of carbonyl (C=O) groups is 2. The second-order valence-corrected chi connectivity index (χ2v) is 9.80. The normalized spacial score (nSPS) is 10.8. The van der Waals surface area contributed by atoms with Crippen LogP contribution >= 0.6 is 23.6 Å². The number of ether oxygens (including phenoxy) is 1. The molecule has 0 bridgehead atoms. The Bertz CT molecular complexity index is 1450. The van der Waals surface area contributed by atoms with Crippen molar-refractivity contribution in [1.29, 1.82) is 0 Å². The number of anilines is 2. The molecule has 0 unspecified atom stereocenters. The molecule has 0 radical (unpaired) electrons. The minimum atomic E-state index is -0.527. The van der Waals surface area contributed by atoms with Gasteiger partial charge in [0.1, 0.15) is 5.00 Å². The molecule has 4 aromatic rings. The summed E-state index contributed by atoms with van der Waals surface area (Å²) in [5.41, 5.74) is 2.74. The van der Waals surface area contributed by atoms with Gasteiger partial charge in [-0.15, -0.1) is 11.3 Å². The van der Waals surface area contributed by atoms with Gasteiger partial charge in [-0.25, -0.2) is 4.79 Å². The van der Waals surface area contributed by atoms with Crippen molar-refractivity contribution in [2.24, 2.45) is 0 Å². The highest BCUT2D eigenvalue weighted by Gasteiger charge is 2.27. The summed E-state index contributed by atoms with van der Waals surface area (Å²) in [6.45, 7) is 7.35. The number of fused-ring (bicyclic) bond motifs is 1. The number of nitrogens with zero attached hydrogens (tertiary/aromatic N) is 3. The lowest BCUT2D eigenvalue weighted by molar-refractivity contribution is 0.0601. The number of benzene rings is 2. The first-order valence-electron chi connectivity index (χ1n) is 11.9. The number of hydrogen-bond acceptors (Lipinski definition) is 6. The maximum absolute atomic E-state index is 13.0. The molecule has 0 saturated carbocycles. The van der Waals surface area contributed by atoms with Crippen LogP contribution < -0.4 is 10.6 Å². The average molecular weight is 536 g/mol. The fraction of sp³-hybridized carbons (Fsp3) is 0.259. The van der Waals surface area contributed by atoms with Crippen LogP contribution in [0.2, 0.25) is 0 Å². The Balaban J connectivity index is 1.51. The van der Waals surface area contributed by atoms with Crippen LogP contribution in [-0.2, 0) is 11.3 Å². The Morgan fingerprint density at radius 1 is 1.11 bits per heavy atom. The van der Waals surface area contributed by atoms with Gasteiger partial charge < -0.3 is 20.3 Å². The van der Waals surface area contributed by atoms with Crippen molar-refractivity contribution in [3.8, 4) is 0 Å². The highest BCUT2D eigenvalue weighted by atomic mass is 32.1. The Morgan fingerprint density at radius 2 is 1.84 bits per heavy atom. The summed E-state index contributed by atoms with van der Waals surface area (Å²) in [5, 5.41) is 13.8. The molecule has 0 atom stereocenters. The van der Waals surface area contributed by atoms with E-state index in [4.69, 9.17) is 17.0 Å². The fourth-order valence-corrected chi connectivity index (χ4v) is 5.64. The van der Waals surface area contributed by atoms with Gasteiger partial charge in [-0.05, 0) is 54.9 Å². The first-order valence-corrected chi connectivity index (χ1v) is 13.2. The zero-order valence-electron chi connectivity index (χ0n) is 21.2. The van der Waals surface area contributed by atoms with E-state index in [1.54, 1.807) is 18.0 Å². The van der Waals surface area contributed by atoms with Crippen molar-refractivity contribution in [2.45, 2.75) is 27.3 Å². The predicted octanol–water partition coefficient (Wildman–Crippen LogP) is 5.53. The zero-order chi connectivity index (χ0) is 26.5. The number of aromatic nitrogens is 2. The van der Waals surface area contributed by atoms with E-state index in [9.17, 15) is 9.59 Å². The van der Waals surface area contributed by atoms with Crippen molar-refractivity contribution in [3.63, 3.8) is 0 Å². The minimum absolute atomic E-state index is 0.126. The third-order valence-electron chi connectivity index (χ3n) is 6.11. The van der Waals surface area contributed by atoms with E-state index >= 15 is 0 Å². The van der Waals surface area contributed by atoms with Crippen LogP contribution in [0.3, 0.4) is 0 Å². The maximum Gasteiger partial charge on any atom is 0.341 e. The Morgan fingerprint density at radius 3 is 2.57 bits per heavy atom. The van der Waals surface area contributed by atoms with Crippen LogP contribution in [0, 0.1) is 6.92 Å². The molecule has 0 fully saturated rings. The van der Waals surface area contributed by atoms with Crippen LogP contribution in [0.4, 0.5) is 10.7 Å². The number of amides is 1. The van der Waals surface area contributed by atoms with Crippen molar-refractivity contribution in [1.82, 2.24) is 14.7 Å². The van der Waals surface area contributed by atoms with Crippen LogP contribution in [0.5, 0.6) is 0 Å². The summed E-state index contributed by atoms with van der Waals surface area (Å²) in [7, 11) is 1.32. The molecule has 0 aliphatic heterocycles. The summed E-state index contributed by atoms with van der Waals surface area (Å²) in [4.78, 5) is 27.8. The smallest absolute Gasteiger partial charge is 0.341 e. The lowest BCUT2D eigenvalue weighted by atomic mass is 10.0. The number of methoxy groups -OCH3 is 1. The Kier molecular flexibility index (Phi) is 8.20. The standard InChI is InChI=1S/C27H29N5O3S2/c1-5-31(6-2)25(33)23-17(3)22(26(34)35-4)24(37-23)30-27(36)29-20-14-28-32(16-20)15-19-12-9-11-18-10-7-8-13-21(18)19/h7-14,16H,5-6,15H2,1-4H3,(H2,29,30,36). The third-order valence-corrected chi connectivity index (χ3v) is 7.51. The van der Waals surface area contributed by atoms with Gasteiger partial charge in [0.25, 0.3) is 5.91 Å². The van der Waals surface area contributed by atoms with Crippen LogP contribution in [0.25, 0.3) is 10.8 Å². The number of nitrogens with one attached hydrogen (secondary N) is 2. The summed E-state index contributed by atoms with van der Waals surface area (Å²) >= 11 is 6.71. The molecule has 37 heavy (non-hydrogen) atoms. The van der Waals surface area contributed by atoms with E-state index in [2.05, 4.69) is 40.0 Å². The molecule has 8 nitrogen and oxygen atoms in total. The Labute approximate surface area is 225 Å². The second kappa shape index (κ2) is 11.5. The van der Waals surface area contributed by atoms with Gasteiger partial charge in [0, 0.05) is 19.3 Å². The number of carbonyl (C=O) groups excluding carboxylic acids is 2. The largest absolute Gasteiger partial charge is 0.465 e. The summed E-state index contributed by atoms with van der Waals surface area (Å²) in [6.07, 6.45) is 3.56. The van der Waals surface area contributed by atoms with Crippen LogP contribution in [-0.4, -0.2) is 51.9 Å². The van der Waals surface area contributed by atoms with Gasteiger partial charge in [-0.2, -0.15) is 5.10 Å². The predicted molar refractivity (Wildman–Crippen MR) is 153 cm³/mol. The van der Waals surface area contributed by atoms with Crippen molar-refractivity contribution < 1.29 is 14.3 Å². The van der Waals surface area contributed by atoms with Gasteiger partial charge >= 0.3 is 5.97 Å². The van der Waals surface area contributed by atoms with E-state index in [1.165, 1.54) is 29.2 Å². The fourth-order valence-electron chi connectivity index (χ4n) is 4.19. The van der Waals surface area contributed by atoms with Gasteiger partial charge in [-0.3, -0.25) is 9.48 Å². The van der Waals surface area contributed by atoms with Crippen LogP contribution in [0.1, 0.15) is 45.0 Å². The molecule has 192 valence electrons. The molecule has 2 N–H and O–H groups in total. The highest BCUT2D eigenvalue weighted by Crippen LogP contribution is 2.34. The summed E-state index contributed by atoms with van der Waals surface area (Å²) < 4.78 is 6.82. The Hall–Kier alpha value is -3.76. The number of esters is 1. The van der Waals surface area contributed by atoms with Crippen molar-refractivity contribution >= 4 is 62.0 Å². The molecule has 0 saturated heterocycles. The van der Waals surface area contributed by atoms with Gasteiger partial charge in [0.05, 0.1) is 36.0 Å². The first kappa shape index (κ1) is 26.3. The SMILES string of the molecule is CCN(CC)C(=O)c1sc(NC(=S)Nc2cnn(Cc3cccc4ccccc34)c2)c(C(=O)OC)c1C. The number of thiophene rings is 1. The second-order valence-electron chi connectivity index (χ2n) is 8.37. The number of hydrogen-bond donors (Lipinski definition) is 2.